The van der Waals surface area contributed by atoms with Gasteiger partial charge in [-0.15, -0.1) is 11.8 Å². The van der Waals surface area contributed by atoms with Gasteiger partial charge in [0.05, 0.1) is 5.92 Å². The maximum Gasteiger partial charge on any atom is 0.313 e. The van der Waals surface area contributed by atoms with Crippen molar-refractivity contribution in [1.82, 2.24) is 0 Å². The van der Waals surface area contributed by atoms with Crippen LogP contribution in [0.25, 0.3) is 10.8 Å². The molecule has 0 bridgehead atoms. The lowest BCUT2D eigenvalue weighted by molar-refractivity contribution is -0.137. The van der Waals surface area contributed by atoms with Gasteiger partial charge in [-0.05, 0) is 41.3 Å². The first-order chi connectivity index (χ1) is 9.60. The van der Waals surface area contributed by atoms with E-state index in [1.165, 1.54) is 0 Å². The summed E-state index contributed by atoms with van der Waals surface area (Å²) in [5.41, 5.74) is 0. The van der Waals surface area contributed by atoms with Crippen LogP contribution in [0.1, 0.15) is 13.8 Å². The number of hydrogen-bond acceptors (Lipinski definition) is 4. The van der Waals surface area contributed by atoms with Crippen LogP contribution < -0.4 is 9.47 Å². The first-order valence-electron chi connectivity index (χ1n) is 6.47. The number of esters is 1. The van der Waals surface area contributed by atoms with E-state index in [9.17, 15) is 4.79 Å². The van der Waals surface area contributed by atoms with E-state index < -0.39 is 0 Å². The lowest BCUT2D eigenvalue weighted by Gasteiger charge is -2.09. The van der Waals surface area contributed by atoms with Gasteiger partial charge in [0.25, 0.3) is 0 Å². The maximum atomic E-state index is 11.6. The van der Waals surface area contributed by atoms with Crippen molar-refractivity contribution in [2.45, 2.75) is 13.8 Å². The minimum atomic E-state index is -0.218. The monoisotopic (exact) mass is 290 g/mol. The second-order valence-corrected chi connectivity index (χ2v) is 5.61. The van der Waals surface area contributed by atoms with Crippen molar-refractivity contribution in [3.8, 4) is 11.5 Å². The summed E-state index contributed by atoms with van der Waals surface area (Å²) in [4.78, 5) is 11.6. The van der Waals surface area contributed by atoms with Crippen molar-refractivity contribution in [1.29, 1.82) is 0 Å². The van der Waals surface area contributed by atoms with Gasteiger partial charge in [0.2, 0.25) is 0 Å². The van der Waals surface area contributed by atoms with Gasteiger partial charge < -0.3 is 9.47 Å². The quantitative estimate of drug-likeness (QED) is 0.472. The zero-order valence-electron chi connectivity index (χ0n) is 11.9. The molecule has 0 atom stereocenters. The van der Waals surface area contributed by atoms with E-state index in [1.807, 2.05) is 50.4 Å². The van der Waals surface area contributed by atoms with Crippen molar-refractivity contribution < 1.29 is 14.3 Å². The molecule has 0 saturated heterocycles. The van der Waals surface area contributed by atoms with E-state index in [0.717, 1.165) is 16.5 Å². The molecule has 0 amide bonds. The summed E-state index contributed by atoms with van der Waals surface area (Å²) in [6, 6.07) is 11.5. The Bertz CT molecular complexity index is 608. The third-order valence-corrected chi connectivity index (χ3v) is 3.17. The van der Waals surface area contributed by atoms with Crippen LogP contribution in [-0.4, -0.2) is 18.2 Å². The Morgan fingerprint density at radius 3 is 2.30 bits per heavy atom. The smallest absolute Gasteiger partial charge is 0.313 e. The summed E-state index contributed by atoms with van der Waals surface area (Å²) in [6.45, 7) is 3.64. The molecule has 4 heteroatoms. The van der Waals surface area contributed by atoms with E-state index in [1.54, 1.807) is 17.8 Å². The molecule has 0 N–H and O–H groups in total. The number of carbonyl (C=O) groups excluding carboxylic acids is 1. The minimum Gasteiger partial charge on any atom is -0.483 e. The van der Waals surface area contributed by atoms with Gasteiger partial charge in [0, 0.05) is 0 Å². The summed E-state index contributed by atoms with van der Waals surface area (Å²) in [5.74, 6) is 1.71. The first-order valence-corrected chi connectivity index (χ1v) is 7.87. The fourth-order valence-corrected chi connectivity index (χ4v) is 1.97. The highest BCUT2D eigenvalue weighted by molar-refractivity contribution is 7.98. The second-order valence-electron chi connectivity index (χ2n) is 4.80. The fourth-order valence-electron chi connectivity index (χ4n) is 1.72. The third kappa shape index (κ3) is 3.67. The van der Waals surface area contributed by atoms with Crippen molar-refractivity contribution in [3.05, 3.63) is 36.4 Å². The van der Waals surface area contributed by atoms with Gasteiger partial charge >= 0.3 is 5.97 Å². The van der Waals surface area contributed by atoms with Crippen LogP contribution in [0.4, 0.5) is 0 Å². The predicted molar refractivity (Wildman–Crippen MR) is 83.4 cm³/mol. The summed E-state index contributed by atoms with van der Waals surface area (Å²) in [7, 11) is 0. The molecule has 0 unspecified atom stereocenters. The minimum absolute atomic E-state index is 0.131. The molecule has 0 aliphatic rings. The molecular formula is C16H18O3S. The molecule has 0 heterocycles. The highest BCUT2D eigenvalue weighted by Gasteiger charge is 2.10. The SMILES string of the molecule is CSCOc1ccc2cc(OC(=O)C(C)C)ccc2c1. The molecule has 0 aliphatic carbocycles. The summed E-state index contributed by atoms with van der Waals surface area (Å²) < 4.78 is 10.9. The summed E-state index contributed by atoms with van der Waals surface area (Å²) in [5, 5.41) is 2.09. The van der Waals surface area contributed by atoms with Crippen molar-refractivity contribution >= 4 is 28.5 Å². The third-order valence-electron chi connectivity index (χ3n) is 2.82. The molecule has 20 heavy (non-hydrogen) atoms. The van der Waals surface area contributed by atoms with Gasteiger partial charge in [0.15, 0.2) is 0 Å². The second kappa shape index (κ2) is 6.66. The molecule has 0 spiro atoms. The Balaban J connectivity index is 2.20. The molecule has 3 nitrogen and oxygen atoms in total. The van der Waals surface area contributed by atoms with E-state index in [-0.39, 0.29) is 11.9 Å². The molecule has 106 valence electrons. The topological polar surface area (TPSA) is 35.5 Å². The van der Waals surface area contributed by atoms with Gasteiger partial charge in [-0.25, -0.2) is 0 Å². The Kier molecular flexibility index (Phi) is 4.90. The highest BCUT2D eigenvalue weighted by atomic mass is 32.2. The molecule has 0 saturated carbocycles. The average molecular weight is 290 g/mol. The van der Waals surface area contributed by atoms with Crippen molar-refractivity contribution in [2.75, 3.05) is 12.2 Å². The van der Waals surface area contributed by atoms with Crippen LogP contribution in [-0.2, 0) is 4.79 Å². The Labute approximate surface area is 123 Å². The van der Waals surface area contributed by atoms with Crippen LogP contribution in [0.5, 0.6) is 11.5 Å². The van der Waals surface area contributed by atoms with E-state index >= 15 is 0 Å². The molecule has 2 aromatic carbocycles. The summed E-state index contributed by atoms with van der Waals surface area (Å²) in [6.07, 6.45) is 2.00. The molecule has 2 rings (SSSR count). The molecule has 0 aromatic heterocycles. The Morgan fingerprint density at radius 1 is 1.10 bits per heavy atom. The predicted octanol–water partition coefficient (Wildman–Crippen LogP) is 4.10. The van der Waals surface area contributed by atoms with Crippen LogP contribution >= 0.6 is 11.8 Å². The average Bonchev–Trinajstić information content (AvgIpc) is 2.44. The van der Waals surface area contributed by atoms with Crippen LogP contribution in [0.15, 0.2) is 36.4 Å². The van der Waals surface area contributed by atoms with Crippen LogP contribution in [0.3, 0.4) is 0 Å². The van der Waals surface area contributed by atoms with Crippen LogP contribution in [0.2, 0.25) is 0 Å². The van der Waals surface area contributed by atoms with Crippen molar-refractivity contribution in [2.24, 2.45) is 5.92 Å². The molecular weight excluding hydrogens is 272 g/mol. The largest absolute Gasteiger partial charge is 0.483 e. The molecule has 0 fully saturated rings. The fraction of sp³-hybridized carbons (Fsp3) is 0.312. The van der Waals surface area contributed by atoms with Crippen LogP contribution in [0, 0.1) is 5.92 Å². The summed E-state index contributed by atoms with van der Waals surface area (Å²) >= 11 is 1.63. The zero-order chi connectivity index (χ0) is 14.5. The zero-order valence-corrected chi connectivity index (χ0v) is 12.7. The van der Waals surface area contributed by atoms with Gasteiger partial charge in [-0.1, -0.05) is 26.0 Å². The number of carbonyl (C=O) groups is 1. The van der Waals surface area contributed by atoms with E-state index in [0.29, 0.717) is 11.7 Å². The normalized spacial score (nSPS) is 10.8. The number of thioether (sulfide) groups is 1. The lowest BCUT2D eigenvalue weighted by atomic mass is 10.1. The van der Waals surface area contributed by atoms with Gasteiger partial charge in [-0.3, -0.25) is 4.79 Å². The maximum absolute atomic E-state index is 11.6. The van der Waals surface area contributed by atoms with E-state index in [4.69, 9.17) is 9.47 Å². The van der Waals surface area contributed by atoms with Gasteiger partial charge in [0.1, 0.15) is 17.4 Å². The highest BCUT2D eigenvalue weighted by Crippen LogP contribution is 2.25. The van der Waals surface area contributed by atoms with Gasteiger partial charge in [-0.2, -0.15) is 0 Å². The van der Waals surface area contributed by atoms with E-state index in [2.05, 4.69) is 0 Å². The Hall–Kier alpha value is -1.68. The first kappa shape index (κ1) is 14.7. The number of rotatable bonds is 5. The molecule has 0 radical (unpaired) electrons. The standard InChI is InChI=1S/C16H18O3S/c1-11(2)16(17)19-15-7-5-12-8-14(18-10-20-3)6-4-13(12)9-15/h4-9,11H,10H2,1-3H3. The van der Waals surface area contributed by atoms with Crippen molar-refractivity contribution in [3.63, 3.8) is 0 Å². The number of fused-ring (bicyclic) bond motifs is 1. The number of benzene rings is 2. The number of hydrogen-bond donors (Lipinski definition) is 0. The molecule has 2 aromatic rings. The lowest BCUT2D eigenvalue weighted by Crippen LogP contribution is -2.14. The molecule has 0 aliphatic heterocycles. The Morgan fingerprint density at radius 2 is 1.70 bits per heavy atom. The number of ether oxygens (including phenoxy) is 2.